The van der Waals surface area contributed by atoms with Gasteiger partial charge in [0.05, 0.1) is 0 Å². The van der Waals surface area contributed by atoms with Gasteiger partial charge >= 0.3 is 0 Å². The van der Waals surface area contributed by atoms with Crippen molar-refractivity contribution in [1.82, 2.24) is 15.3 Å². The number of carbonyl (C=O) groups excluding carboxylic acids is 1. The molecule has 0 saturated heterocycles. The first-order valence-corrected chi connectivity index (χ1v) is 10.7. The molecule has 1 saturated carbocycles. The SMILES string of the molecule is CS(=O)(=O)/C=C/CNC(=O)c1cnc(C2CC2)nc1NCc1ccccc1. The van der Waals surface area contributed by atoms with E-state index in [4.69, 9.17) is 0 Å². The van der Waals surface area contributed by atoms with Crippen LogP contribution in [0.4, 0.5) is 5.82 Å². The summed E-state index contributed by atoms with van der Waals surface area (Å²) in [6, 6.07) is 9.84. The Bertz CT molecular complexity index is 939. The van der Waals surface area contributed by atoms with E-state index in [0.29, 0.717) is 23.8 Å². The Morgan fingerprint density at radius 2 is 2.00 bits per heavy atom. The molecule has 1 heterocycles. The van der Waals surface area contributed by atoms with Crippen molar-refractivity contribution in [2.45, 2.75) is 25.3 Å². The zero-order valence-electron chi connectivity index (χ0n) is 15.1. The molecule has 1 aromatic heterocycles. The normalized spacial score (nSPS) is 14.3. The van der Waals surface area contributed by atoms with Gasteiger partial charge in [0, 0.05) is 36.9 Å². The van der Waals surface area contributed by atoms with Gasteiger partial charge in [-0.25, -0.2) is 18.4 Å². The fourth-order valence-corrected chi connectivity index (χ4v) is 2.93. The summed E-state index contributed by atoms with van der Waals surface area (Å²) in [6.45, 7) is 0.643. The molecule has 2 N–H and O–H groups in total. The summed E-state index contributed by atoms with van der Waals surface area (Å²) in [7, 11) is -3.21. The van der Waals surface area contributed by atoms with Gasteiger partial charge in [0.1, 0.15) is 17.2 Å². The highest BCUT2D eigenvalue weighted by Gasteiger charge is 2.28. The van der Waals surface area contributed by atoms with E-state index < -0.39 is 9.84 Å². The number of anilines is 1. The molecule has 2 aromatic rings. The lowest BCUT2D eigenvalue weighted by Crippen LogP contribution is -2.25. The van der Waals surface area contributed by atoms with Crippen molar-refractivity contribution < 1.29 is 13.2 Å². The highest BCUT2D eigenvalue weighted by atomic mass is 32.2. The molecule has 1 aliphatic rings. The summed E-state index contributed by atoms with van der Waals surface area (Å²) in [5.74, 6) is 1.25. The zero-order valence-corrected chi connectivity index (χ0v) is 15.9. The molecule has 0 aliphatic heterocycles. The van der Waals surface area contributed by atoms with E-state index in [2.05, 4.69) is 20.6 Å². The van der Waals surface area contributed by atoms with Gasteiger partial charge in [-0.2, -0.15) is 0 Å². The Labute approximate surface area is 158 Å². The number of benzene rings is 1. The lowest BCUT2D eigenvalue weighted by Gasteiger charge is -2.12. The highest BCUT2D eigenvalue weighted by molar-refractivity contribution is 7.93. The summed E-state index contributed by atoms with van der Waals surface area (Å²) in [4.78, 5) is 21.3. The lowest BCUT2D eigenvalue weighted by molar-refractivity contribution is 0.0958. The van der Waals surface area contributed by atoms with Crippen molar-refractivity contribution in [2.75, 3.05) is 18.1 Å². The molecule has 0 atom stereocenters. The minimum absolute atomic E-state index is 0.106. The number of carbonyl (C=O) groups is 1. The molecule has 0 radical (unpaired) electrons. The molecule has 0 spiro atoms. The molecular formula is C19H22N4O3S. The van der Waals surface area contributed by atoms with Gasteiger partial charge in [-0.05, 0) is 18.4 Å². The minimum atomic E-state index is -3.21. The molecule has 142 valence electrons. The molecule has 7 nitrogen and oxygen atoms in total. The quantitative estimate of drug-likeness (QED) is 0.722. The van der Waals surface area contributed by atoms with Crippen LogP contribution in [0.2, 0.25) is 0 Å². The molecule has 1 aromatic carbocycles. The van der Waals surface area contributed by atoms with E-state index in [9.17, 15) is 13.2 Å². The van der Waals surface area contributed by atoms with Gasteiger partial charge in [0.2, 0.25) is 0 Å². The summed E-state index contributed by atoms with van der Waals surface area (Å²) in [5.41, 5.74) is 1.41. The molecule has 27 heavy (non-hydrogen) atoms. The molecule has 1 amide bonds. The standard InChI is InChI=1S/C19H22N4O3S/c1-27(25,26)11-5-10-20-19(24)16-13-22-17(15-8-9-15)23-18(16)21-12-14-6-3-2-4-7-14/h2-7,11,13,15H,8-10,12H2,1H3,(H,20,24)(H,21,22,23)/b11-5+. The second-order valence-electron chi connectivity index (χ2n) is 6.52. The maximum absolute atomic E-state index is 12.5. The third kappa shape index (κ3) is 5.89. The number of nitrogens with zero attached hydrogens (tertiary/aromatic N) is 2. The second kappa shape index (κ2) is 8.30. The van der Waals surface area contributed by atoms with Crippen LogP contribution in [-0.4, -0.2) is 37.1 Å². The molecule has 0 bridgehead atoms. The van der Waals surface area contributed by atoms with E-state index in [1.54, 1.807) is 0 Å². The Balaban J connectivity index is 1.72. The number of nitrogens with one attached hydrogen (secondary N) is 2. The zero-order chi connectivity index (χ0) is 19.3. The molecule has 1 aliphatic carbocycles. The van der Waals surface area contributed by atoms with E-state index in [1.807, 2.05) is 30.3 Å². The Hall–Kier alpha value is -2.74. The van der Waals surface area contributed by atoms with Crippen LogP contribution in [0, 0.1) is 0 Å². The summed E-state index contributed by atoms with van der Waals surface area (Å²) >= 11 is 0. The molecule has 0 unspecified atom stereocenters. The molecular weight excluding hydrogens is 364 g/mol. The van der Waals surface area contributed by atoms with Crippen LogP contribution in [0.5, 0.6) is 0 Å². The van der Waals surface area contributed by atoms with Crippen LogP contribution in [0.1, 0.15) is 40.5 Å². The third-order valence-electron chi connectivity index (χ3n) is 4.02. The first-order chi connectivity index (χ1) is 12.9. The summed E-state index contributed by atoms with van der Waals surface area (Å²) < 4.78 is 22.2. The average Bonchev–Trinajstić information content (AvgIpc) is 3.48. The predicted molar refractivity (Wildman–Crippen MR) is 104 cm³/mol. The van der Waals surface area contributed by atoms with Gasteiger partial charge in [-0.3, -0.25) is 4.79 Å². The minimum Gasteiger partial charge on any atom is -0.365 e. The molecule has 8 heteroatoms. The van der Waals surface area contributed by atoms with Crippen molar-refractivity contribution >= 4 is 21.6 Å². The summed E-state index contributed by atoms with van der Waals surface area (Å²) in [5, 5.41) is 6.95. The average molecular weight is 386 g/mol. The monoisotopic (exact) mass is 386 g/mol. The van der Waals surface area contributed by atoms with Gasteiger partial charge in [-0.15, -0.1) is 0 Å². The van der Waals surface area contributed by atoms with Crippen LogP contribution in [0.15, 0.2) is 48.0 Å². The first kappa shape index (κ1) is 19.0. The third-order valence-corrected chi connectivity index (χ3v) is 4.71. The van der Waals surface area contributed by atoms with E-state index in [-0.39, 0.29) is 12.5 Å². The van der Waals surface area contributed by atoms with Crippen molar-refractivity contribution in [3.63, 3.8) is 0 Å². The Morgan fingerprint density at radius 1 is 1.26 bits per heavy atom. The van der Waals surface area contributed by atoms with E-state index >= 15 is 0 Å². The Morgan fingerprint density at radius 3 is 2.67 bits per heavy atom. The van der Waals surface area contributed by atoms with Crippen LogP contribution in [-0.2, 0) is 16.4 Å². The number of hydrogen-bond acceptors (Lipinski definition) is 6. The first-order valence-electron chi connectivity index (χ1n) is 8.72. The number of amides is 1. The predicted octanol–water partition coefficient (Wildman–Crippen LogP) is 2.25. The van der Waals surface area contributed by atoms with Gasteiger partial charge < -0.3 is 10.6 Å². The maximum Gasteiger partial charge on any atom is 0.256 e. The molecule has 3 rings (SSSR count). The van der Waals surface area contributed by atoms with Crippen LogP contribution in [0.25, 0.3) is 0 Å². The van der Waals surface area contributed by atoms with E-state index in [0.717, 1.165) is 35.9 Å². The Kier molecular flexibility index (Phi) is 5.85. The van der Waals surface area contributed by atoms with Gasteiger partial charge in [-0.1, -0.05) is 36.4 Å². The van der Waals surface area contributed by atoms with E-state index in [1.165, 1.54) is 12.3 Å². The maximum atomic E-state index is 12.5. The fraction of sp³-hybridized carbons (Fsp3) is 0.316. The number of rotatable bonds is 8. The van der Waals surface area contributed by atoms with Crippen LogP contribution in [0.3, 0.4) is 0 Å². The van der Waals surface area contributed by atoms with Crippen LogP contribution < -0.4 is 10.6 Å². The largest absolute Gasteiger partial charge is 0.365 e. The van der Waals surface area contributed by atoms with Crippen molar-refractivity contribution in [2.24, 2.45) is 0 Å². The topological polar surface area (TPSA) is 101 Å². The smallest absolute Gasteiger partial charge is 0.256 e. The van der Waals surface area contributed by atoms with Gasteiger partial charge in [0.15, 0.2) is 9.84 Å². The number of hydrogen-bond donors (Lipinski definition) is 2. The van der Waals surface area contributed by atoms with Crippen molar-refractivity contribution in [3.8, 4) is 0 Å². The lowest BCUT2D eigenvalue weighted by atomic mass is 10.2. The van der Waals surface area contributed by atoms with Crippen molar-refractivity contribution in [3.05, 3.63) is 65.0 Å². The van der Waals surface area contributed by atoms with Crippen LogP contribution >= 0.6 is 0 Å². The van der Waals surface area contributed by atoms with Crippen molar-refractivity contribution in [1.29, 1.82) is 0 Å². The highest BCUT2D eigenvalue weighted by Crippen LogP contribution is 2.38. The number of aromatic nitrogens is 2. The molecule has 1 fully saturated rings. The second-order valence-corrected chi connectivity index (χ2v) is 8.45. The van der Waals surface area contributed by atoms with Gasteiger partial charge in [0.25, 0.3) is 5.91 Å². The summed E-state index contributed by atoms with van der Waals surface area (Å²) in [6.07, 6.45) is 6.16. The fourth-order valence-electron chi connectivity index (χ4n) is 2.49. The number of sulfone groups is 1.